The van der Waals surface area contributed by atoms with E-state index in [4.69, 9.17) is 4.74 Å². The van der Waals surface area contributed by atoms with Crippen molar-refractivity contribution in [2.24, 2.45) is 0 Å². The van der Waals surface area contributed by atoms with Gasteiger partial charge in [-0.25, -0.2) is 9.97 Å². The standard InChI is InChI=1S/C23H32N4O/c1-23(2,3)20-6-4-18(5-7-20)15-26-9-11-27(12-10-26)22-14-21(24-17-25-22)19-8-13-28-16-19/h4-7,14,17,19H,8-13,15-16H2,1-3H3/t19-/m0/s1. The van der Waals surface area contributed by atoms with Gasteiger partial charge in [-0.3, -0.25) is 4.90 Å². The number of hydrogen-bond acceptors (Lipinski definition) is 5. The lowest BCUT2D eigenvalue weighted by Gasteiger charge is -2.35. The summed E-state index contributed by atoms with van der Waals surface area (Å²) in [5.41, 5.74) is 4.13. The van der Waals surface area contributed by atoms with Gasteiger partial charge >= 0.3 is 0 Å². The van der Waals surface area contributed by atoms with Crippen LogP contribution in [0.2, 0.25) is 0 Å². The number of aromatic nitrogens is 2. The second-order valence-electron chi connectivity index (χ2n) is 9.07. The summed E-state index contributed by atoms with van der Waals surface area (Å²) in [6.45, 7) is 13.6. The molecule has 5 heteroatoms. The number of anilines is 1. The molecular formula is C23H32N4O. The Morgan fingerprint density at radius 3 is 2.43 bits per heavy atom. The van der Waals surface area contributed by atoms with Crippen molar-refractivity contribution >= 4 is 5.82 Å². The highest BCUT2D eigenvalue weighted by Crippen LogP contribution is 2.26. The molecule has 0 amide bonds. The summed E-state index contributed by atoms with van der Waals surface area (Å²) in [6.07, 6.45) is 2.78. The fraction of sp³-hybridized carbons (Fsp3) is 0.565. The number of benzene rings is 1. The van der Waals surface area contributed by atoms with E-state index in [2.05, 4.69) is 70.9 Å². The third-order valence-electron chi connectivity index (χ3n) is 5.94. The van der Waals surface area contributed by atoms with Gasteiger partial charge in [0.15, 0.2) is 0 Å². The van der Waals surface area contributed by atoms with Crippen LogP contribution in [0.3, 0.4) is 0 Å². The molecule has 2 aliphatic heterocycles. The SMILES string of the molecule is CC(C)(C)c1ccc(CN2CCN(c3cc([C@H]4CCOC4)ncn3)CC2)cc1. The van der Waals surface area contributed by atoms with Crippen molar-refractivity contribution in [3.8, 4) is 0 Å². The van der Waals surface area contributed by atoms with Crippen LogP contribution in [0.4, 0.5) is 5.82 Å². The van der Waals surface area contributed by atoms with E-state index in [1.807, 2.05) is 0 Å². The Labute approximate surface area is 168 Å². The monoisotopic (exact) mass is 380 g/mol. The maximum Gasteiger partial charge on any atom is 0.132 e. The molecule has 0 unspecified atom stereocenters. The maximum absolute atomic E-state index is 5.51. The van der Waals surface area contributed by atoms with Gasteiger partial charge in [-0.15, -0.1) is 0 Å². The van der Waals surface area contributed by atoms with E-state index >= 15 is 0 Å². The van der Waals surface area contributed by atoms with Crippen molar-refractivity contribution < 1.29 is 4.74 Å². The van der Waals surface area contributed by atoms with Crippen LogP contribution in [0, 0.1) is 0 Å². The topological polar surface area (TPSA) is 41.5 Å². The average Bonchev–Trinajstić information content (AvgIpc) is 3.23. The molecule has 0 aliphatic carbocycles. The van der Waals surface area contributed by atoms with Gasteiger partial charge in [-0.05, 0) is 23.0 Å². The number of piperazine rings is 1. The zero-order chi connectivity index (χ0) is 19.6. The van der Waals surface area contributed by atoms with E-state index in [1.165, 1.54) is 11.1 Å². The lowest BCUT2D eigenvalue weighted by atomic mass is 9.87. The van der Waals surface area contributed by atoms with Gasteiger partial charge in [0.1, 0.15) is 12.1 Å². The van der Waals surface area contributed by atoms with Crippen molar-refractivity contribution in [1.29, 1.82) is 0 Å². The highest BCUT2D eigenvalue weighted by molar-refractivity contribution is 5.40. The van der Waals surface area contributed by atoms with Gasteiger partial charge in [-0.2, -0.15) is 0 Å². The Morgan fingerprint density at radius 2 is 1.79 bits per heavy atom. The third-order valence-corrected chi connectivity index (χ3v) is 5.94. The average molecular weight is 381 g/mol. The molecule has 1 atom stereocenters. The first kappa shape index (κ1) is 19.3. The minimum Gasteiger partial charge on any atom is -0.381 e. The normalized spacial score (nSPS) is 21.2. The molecule has 2 aliphatic rings. The van der Waals surface area contributed by atoms with Gasteiger partial charge in [-0.1, -0.05) is 45.0 Å². The fourth-order valence-corrected chi connectivity index (χ4v) is 4.03. The summed E-state index contributed by atoms with van der Waals surface area (Å²) in [5.74, 6) is 1.49. The highest BCUT2D eigenvalue weighted by Gasteiger charge is 2.22. The van der Waals surface area contributed by atoms with Crippen LogP contribution in [0.15, 0.2) is 36.7 Å². The lowest BCUT2D eigenvalue weighted by Crippen LogP contribution is -2.46. The van der Waals surface area contributed by atoms with Crippen molar-refractivity contribution in [3.63, 3.8) is 0 Å². The summed E-state index contributed by atoms with van der Waals surface area (Å²) in [7, 11) is 0. The fourth-order valence-electron chi connectivity index (χ4n) is 4.03. The van der Waals surface area contributed by atoms with Gasteiger partial charge in [0.25, 0.3) is 0 Å². The van der Waals surface area contributed by atoms with Crippen LogP contribution in [-0.2, 0) is 16.7 Å². The number of nitrogens with zero attached hydrogens (tertiary/aromatic N) is 4. The molecular weight excluding hydrogens is 348 g/mol. The van der Waals surface area contributed by atoms with Crippen molar-refractivity contribution in [1.82, 2.24) is 14.9 Å². The molecule has 28 heavy (non-hydrogen) atoms. The van der Waals surface area contributed by atoms with Crippen LogP contribution >= 0.6 is 0 Å². The molecule has 2 saturated heterocycles. The Balaban J connectivity index is 1.33. The van der Waals surface area contributed by atoms with Crippen LogP contribution in [0.5, 0.6) is 0 Å². The van der Waals surface area contributed by atoms with Gasteiger partial charge in [0, 0.05) is 51.3 Å². The molecule has 0 N–H and O–H groups in total. The van der Waals surface area contributed by atoms with E-state index in [9.17, 15) is 0 Å². The molecule has 3 heterocycles. The summed E-state index contributed by atoms with van der Waals surface area (Å²) in [4.78, 5) is 13.9. The predicted octanol–water partition coefficient (Wildman–Crippen LogP) is 3.60. The highest BCUT2D eigenvalue weighted by atomic mass is 16.5. The minimum atomic E-state index is 0.213. The molecule has 0 bridgehead atoms. The van der Waals surface area contributed by atoms with Gasteiger partial charge < -0.3 is 9.64 Å². The summed E-state index contributed by atoms with van der Waals surface area (Å²) in [6, 6.07) is 11.3. The van der Waals surface area contributed by atoms with Crippen molar-refractivity contribution in [3.05, 3.63) is 53.5 Å². The molecule has 2 aromatic rings. The van der Waals surface area contributed by atoms with Crippen LogP contribution in [0.25, 0.3) is 0 Å². The Kier molecular flexibility index (Phi) is 5.65. The Bertz CT molecular complexity index is 770. The Hall–Kier alpha value is -1.98. The first-order valence-corrected chi connectivity index (χ1v) is 10.5. The molecule has 4 rings (SSSR count). The smallest absolute Gasteiger partial charge is 0.132 e. The molecule has 0 saturated carbocycles. The van der Waals surface area contributed by atoms with Crippen LogP contribution in [0.1, 0.15) is 49.9 Å². The van der Waals surface area contributed by atoms with Crippen LogP contribution < -0.4 is 4.90 Å². The molecule has 2 fully saturated rings. The van der Waals surface area contributed by atoms with E-state index < -0.39 is 0 Å². The van der Waals surface area contributed by atoms with Crippen LogP contribution in [-0.4, -0.2) is 54.3 Å². The molecule has 1 aromatic heterocycles. The zero-order valence-electron chi connectivity index (χ0n) is 17.4. The number of hydrogen-bond donors (Lipinski definition) is 0. The number of ether oxygens (including phenoxy) is 1. The maximum atomic E-state index is 5.51. The summed E-state index contributed by atoms with van der Waals surface area (Å²) in [5, 5.41) is 0. The van der Waals surface area contributed by atoms with E-state index in [1.54, 1.807) is 6.33 Å². The number of rotatable bonds is 4. The molecule has 1 aromatic carbocycles. The predicted molar refractivity (Wildman–Crippen MR) is 113 cm³/mol. The first-order chi connectivity index (χ1) is 13.5. The molecule has 0 radical (unpaired) electrons. The van der Waals surface area contributed by atoms with Gasteiger partial charge in [0.05, 0.1) is 12.3 Å². The van der Waals surface area contributed by atoms with E-state index in [0.29, 0.717) is 5.92 Å². The quantitative estimate of drug-likeness (QED) is 0.811. The zero-order valence-corrected chi connectivity index (χ0v) is 17.4. The first-order valence-electron chi connectivity index (χ1n) is 10.5. The summed E-state index contributed by atoms with van der Waals surface area (Å²) >= 11 is 0. The minimum absolute atomic E-state index is 0.213. The largest absolute Gasteiger partial charge is 0.381 e. The van der Waals surface area contributed by atoms with Crippen molar-refractivity contribution in [2.75, 3.05) is 44.3 Å². The molecule has 5 nitrogen and oxygen atoms in total. The lowest BCUT2D eigenvalue weighted by molar-refractivity contribution is 0.193. The third kappa shape index (κ3) is 4.53. The molecule has 0 spiro atoms. The van der Waals surface area contributed by atoms with Crippen molar-refractivity contribution in [2.45, 2.75) is 45.1 Å². The van der Waals surface area contributed by atoms with Gasteiger partial charge in [0.2, 0.25) is 0 Å². The molecule has 150 valence electrons. The summed E-state index contributed by atoms with van der Waals surface area (Å²) < 4.78 is 5.51. The second kappa shape index (κ2) is 8.18. The Morgan fingerprint density at radius 1 is 1.04 bits per heavy atom. The van der Waals surface area contributed by atoms with E-state index in [-0.39, 0.29) is 5.41 Å². The second-order valence-corrected chi connectivity index (χ2v) is 9.07. The van der Waals surface area contributed by atoms with E-state index in [0.717, 1.165) is 63.9 Å².